The highest BCUT2D eigenvalue weighted by atomic mass is 16.5. The number of ether oxygens (including phenoxy) is 1. The maximum Gasteiger partial charge on any atom is 0.360 e. The number of carbonyl (C=O) groups is 1. The highest BCUT2D eigenvalue weighted by Gasteiger charge is 2.19. The van der Waals surface area contributed by atoms with Crippen molar-refractivity contribution in [2.75, 3.05) is 6.61 Å². The molecule has 0 bridgehead atoms. The molecule has 0 aliphatic heterocycles. The van der Waals surface area contributed by atoms with Crippen LogP contribution in [-0.4, -0.2) is 12.6 Å². The molecule has 0 spiro atoms. The number of benzene rings is 2. The van der Waals surface area contributed by atoms with Gasteiger partial charge < -0.3 is 4.74 Å². The summed E-state index contributed by atoms with van der Waals surface area (Å²) in [5.41, 5.74) is 2.43. The Morgan fingerprint density at radius 2 is 2.00 bits per heavy atom. The lowest BCUT2D eigenvalue weighted by atomic mass is 9.99. The topological polar surface area (TPSA) is 37.6 Å². The van der Waals surface area contributed by atoms with Crippen molar-refractivity contribution < 1.29 is 13.9 Å². The van der Waals surface area contributed by atoms with E-state index in [1.54, 1.807) is 6.07 Å². The summed E-state index contributed by atoms with van der Waals surface area (Å²) in [5.74, 6) is 0.587. The number of esters is 1. The molecule has 0 aliphatic rings. The molecule has 0 unspecified atom stereocenters. The molecule has 0 amide bonds. The summed E-state index contributed by atoms with van der Waals surface area (Å²) in [6, 6.07) is 11.6. The highest BCUT2D eigenvalue weighted by Crippen LogP contribution is 2.30. The van der Waals surface area contributed by atoms with Crippen LogP contribution < -0.4 is 0 Å². The van der Waals surface area contributed by atoms with Gasteiger partial charge in [-0.3, -0.25) is 0 Å². The summed E-state index contributed by atoms with van der Waals surface area (Å²) >= 11 is 0. The minimum absolute atomic E-state index is 0.297. The Balaban J connectivity index is 2.41. The van der Waals surface area contributed by atoms with Gasteiger partial charge in [-0.15, -0.1) is 0 Å². The fourth-order valence-electron chi connectivity index (χ4n) is 2.56. The predicted molar refractivity (Wildman–Crippen MR) is 83.6 cm³/mol. The van der Waals surface area contributed by atoms with Crippen LogP contribution in [0.5, 0.6) is 0 Å². The summed E-state index contributed by atoms with van der Waals surface area (Å²) in [7, 11) is 0. The second kappa shape index (κ2) is 5.17. The lowest BCUT2D eigenvalue weighted by molar-refractivity contribution is 0.0529. The molecule has 0 radical (unpaired) electrons. The third-order valence-corrected chi connectivity index (χ3v) is 3.72. The van der Waals surface area contributed by atoms with E-state index in [9.17, 15) is 4.79 Å². The molecule has 3 aromatic rings. The summed E-state index contributed by atoms with van der Waals surface area (Å²) in [6.45, 7) is 6.12. The van der Waals surface area contributed by atoms with Gasteiger partial charge in [0.1, 0.15) is 0 Å². The molecule has 2 aromatic carbocycles. The van der Waals surface area contributed by atoms with Crippen molar-refractivity contribution in [2.24, 2.45) is 0 Å². The summed E-state index contributed by atoms with van der Waals surface area (Å²) in [6.07, 6.45) is 0. The predicted octanol–water partition coefficient (Wildman–Crippen LogP) is 4.66. The minimum Gasteiger partial charge on any atom is -0.462 e. The molecule has 0 saturated carbocycles. The minimum atomic E-state index is -0.297. The molecule has 3 heteroatoms. The first kappa shape index (κ1) is 13.6. The Bertz CT molecular complexity index is 850. The van der Waals surface area contributed by atoms with E-state index in [4.69, 9.17) is 9.15 Å². The van der Waals surface area contributed by atoms with Crippen molar-refractivity contribution in [3.63, 3.8) is 0 Å². The maximum absolute atomic E-state index is 12.2. The molecule has 0 N–H and O–H groups in total. The molecule has 1 aromatic heterocycles. The number of rotatable bonds is 2. The van der Waals surface area contributed by atoms with Gasteiger partial charge in [0.05, 0.1) is 24.5 Å². The molecule has 0 saturated heterocycles. The number of hydrogen-bond acceptors (Lipinski definition) is 2. The molecule has 1 heterocycles. The van der Waals surface area contributed by atoms with Gasteiger partial charge in [-0.05, 0) is 37.4 Å². The summed E-state index contributed by atoms with van der Waals surface area (Å²) in [4.78, 5) is 12.2. The van der Waals surface area contributed by atoms with Gasteiger partial charge in [-0.2, -0.15) is 0 Å². The number of aryl methyl sites for hydroxylation is 2. The van der Waals surface area contributed by atoms with Crippen LogP contribution in [0.15, 0.2) is 40.8 Å². The van der Waals surface area contributed by atoms with E-state index >= 15 is 0 Å². The van der Waals surface area contributed by atoms with Gasteiger partial charge in [0.25, 0.3) is 0 Å². The maximum atomic E-state index is 12.2. The second-order valence-corrected chi connectivity index (χ2v) is 5.09. The van der Waals surface area contributed by atoms with Gasteiger partial charge in [0.15, 0.2) is 0 Å². The molecule has 0 fully saturated rings. The van der Waals surface area contributed by atoms with Crippen LogP contribution in [0.3, 0.4) is 0 Å². The fourth-order valence-corrected chi connectivity index (χ4v) is 2.56. The van der Waals surface area contributed by atoms with E-state index in [1.807, 2.05) is 45.0 Å². The number of carbonyl (C=O) groups excluding carboxylic acids is 1. The van der Waals surface area contributed by atoms with E-state index < -0.39 is 0 Å². The Kier molecular flexibility index (Phi) is 3.34. The molecule has 21 heavy (non-hydrogen) atoms. The van der Waals surface area contributed by atoms with Gasteiger partial charge in [0.2, 0.25) is 0 Å². The SMILES string of the molecule is CCOC(=O)c1cccc2ccc3[o+]c(C)c(C)cc3c12. The molecular formula is C18H17O3+. The molecule has 3 rings (SSSR count). The quantitative estimate of drug-likeness (QED) is 0.389. The van der Waals surface area contributed by atoms with E-state index in [0.717, 1.165) is 33.1 Å². The van der Waals surface area contributed by atoms with Crippen LogP contribution in [0.25, 0.3) is 21.7 Å². The van der Waals surface area contributed by atoms with Crippen molar-refractivity contribution in [3.05, 3.63) is 53.3 Å². The molecule has 0 atom stereocenters. The molecule has 3 nitrogen and oxygen atoms in total. The Morgan fingerprint density at radius 3 is 2.76 bits per heavy atom. The Morgan fingerprint density at radius 1 is 1.19 bits per heavy atom. The normalized spacial score (nSPS) is 11.0. The smallest absolute Gasteiger partial charge is 0.360 e. The van der Waals surface area contributed by atoms with Crippen LogP contribution >= 0.6 is 0 Å². The first-order valence-corrected chi connectivity index (χ1v) is 7.04. The Labute approximate surface area is 123 Å². The van der Waals surface area contributed by atoms with Crippen molar-refractivity contribution in [1.82, 2.24) is 0 Å². The summed E-state index contributed by atoms with van der Waals surface area (Å²) in [5, 5.41) is 2.84. The van der Waals surface area contributed by atoms with Crippen molar-refractivity contribution in [1.29, 1.82) is 0 Å². The van der Waals surface area contributed by atoms with Crippen LogP contribution in [0, 0.1) is 13.8 Å². The fraction of sp³-hybridized carbons (Fsp3) is 0.222. The first-order chi connectivity index (χ1) is 10.1. The van der Waals surface area contributed by atoms with Crippen LogP contribution in [-0.2, 0) is 4.74 Å². The van der Waals surface area contributed by atoms with Crippen LogP contribution in [0.4, 0.5) is 0 Å². The molecule has 0 aliphatic carbocycles. The van der Waals surface area contributed by atoms with Gasteiger partial charge in [0, 0.05) is 17.0 Å². The average molecular weight is 281 g/mol. The third kappa shape index (κ3) is 2.25. The monoisotopic (exact) mass is 281 g/mol. The van der Waals surface area contributed by atoms with E-state index in [-0.39, 0.29) is 5.97 Å². The van der Waals surface area contributed by atoms with Gasteiger partial charge in [-0.25, -0.2) is 9.21 Å². The summed E-state index contributed by atoms with van der Waals surface area (Å²) < 4.78 is 11.0. The van der Waals surface area contributed by atoms with Gasteiger partial charge >= 0.3 is 17.3 Å². The number of fused-ring (bicyclic) bond motifs is 3. The lowest BCUT2D eigenvalue weighted by Crippen LogP contribution is -2.05. The zero-order chi connectivity index (χ0) is 15.0. The van der Waals surface area contributed by atoms with Crippen molar-refractivity contribution in [2.45, 2.75) is 20.8 Å². The standard InChI is InChI=1S/C18H17O3/c1-4-20-18(19)14-7-5-6-13-8-9-16-15(17(13)14)10-11(2)12(3)21-16/h5-10H,4H2,1-3H3/q+1. The van der Waals surface area contributed by atoms with E-state index in [2.05, 4.69) is 6.07 Å². The first-order valence-electron chi connectivity index (χ1n) is 7.04. The van der Waals surface area contributed by atoms with Crippen molar-refractivity contribution in [3.8, 4) is 0 Å². The van der Waals surface area contributed by atoms with E-state index in [0.29, 0.717) is 12.2 Å². The zero-order valence-electron chi connectivity index (χ0n) is 12.4. The third-order valence-electron chi connectivity index (χ3n) is 3.72. The highest BCUT2D eigenvalue weighted by molar-refractivity contribution is 6.15. The molecule has 106 valence electrons. The number of hydrogen-bond donors (Lipinski definition) is 0. The zero-order valence-corrected chi connectivity index (χ0v) is 12.4. The van der Waals surface area contributed by atoms with E-state index in [1.165, 1.54) is 0 Å². The van der Waals surface area contributed by atoms with Gasteiger partial charge in [-0.1, -0.05) is 12.1 Å². The second-order valence-electron chi connectivity index (χ2n) is 5.09. The average Bonchev–Trinajstić information content (AvgIpc) is 2.48. The van der Waals surface area contributed by atoms with Crippen LogP contribution in [0.2, 0.25) is 0 Å². The Hall–Kier alpha value is -2.42. The molecular weight excluding hydrogens is 264 g/mol. The van der Waals surface area contributed by atoms with Crippen molar-refractivity contribution >= 4 is 27.7 Å². The van der Waals surface area contributed by atoms with Crippen LogP contribution in [0.1, 0.15) is 28.6 Å². The largest absolute Gasteiger partial charge is 0.462 e. The lowest BCUT2D eigenvalue weighted by Gasteiger charge is -2.07.